The van der Waals surface area contributed by atoms with Crippen molar-refractivity contribution in [1.29, 1.82) is 0 Å². The average molecular weight is 378 g/mol. The van der Waals surface area contributed by atoms with E-state index in [2.05, 4.69) is 5.32 Å². The van der Waals surface area contributed by atoms with Crippen molar-refractivity contribution in [3.63, 3.8) is 0 Å². The second kappa shape index (κ2) is 10.2. The Morgan fingerprint density at radius 1 is 1.19 bits per heavy atom. The Bertz CT molecular complexity index is 644. The minimum absolute atomic E-state index is 0.0896. The molecule has 1 fully saturated rings. The van der Waals surface area contributed by atoms with Crippen LogP contribution in [0.5, 0.6) is 0 Å². The smallest absolute Gasteiger partial charge is 0.309 e. The Labute approximate surface area is 158 Å². The van der Waals surface area contributed by atoms with Gasteiger partial charge in [-0.3, -0.25) is 14.4 Å². The molecule has 0 unspecified atom stereocenters. The summed E-state index contributed by atoms with van der Waals surface area (Å²) < 4.78 is 5.14. The normalized spacial score (nSPS) is 14.5. The van der Waals surface area contributed by atoms with Gasteiger partial charge in [0.05, 0.1) is 18.2 Å². The summed E-state index contributed by atoms with van der Waals surface area (Å²) in [5, 5.41) is 2.80. The van der Waals surface area contributed by atoms with Crippen LogP contribution in [0.3, 0.4) is 0 Å². The molecular weight excluding hydrogens is 352 g/mol. The molecule has 0 spiro atoms. The fourth-order valence-corrected chi connectivity index (χ4v) is 3.49. The van der Waals surface area contributed by atoms with E-state index in [9.17, 15) is 14.4 Å². The molecule has 142 valence electrons. The van der Waals surface area contributed by atoms with E-state index >= 15 is 0 Å². The summed E-state index contributed by atoms with van der Waals surface area (Å²) in [6.07, 6.45) is 6.82. The van der Waals surface area contributed by atoms with Gasteiger partial charge in [-0.25, -0.2) is 0 Å². The number of likely N-dealkylation sites (N-methyl/N-ethyl adjacent to an activating group) is 1. The number of nitrogens with one attached hydrogen (secondary N) is 1. The standard InChI is InChI=1S/C19H26N2O4S/c1-21(12-17(22)20-15-10-6-7-11-16(15)26-2)18(23)13-25-19(24)14-8-4-3-5-9-14/h6-7,10-11,14H,3-5,8-9,12-13H2,1-2H3,(H,20,22). The van der Waals surface area contributed by atoms with E-state index in [0.29, 0.717) is 0 Å². The maximum absolute atomic E-state index is 12.2. The van der Waals surface area contributed by atoms with Gasteiger partial charge in [-0.15, -0.1) is 11.8 Å². The molecule has 1 aliphatic rings. The molecule has 2 amide bonds. The van der Waals surface area contributed by atoms with E-state index < -0.39 is 0 Å². The minimum atomic E-state index is -0.387. The van der Waals surface area contributed by atoms with Crippen LogP contribution in [0.15, 0.2) is 29.2 Å². The van der Waals surface area contributed by atoms with Crippen molar-refractivity contribution >= 4 is 35.2 Å². The molecule has 0 aromatic heterocycles. The Kier molecular flexibility index (Phi) is 7.97. The SMILES string of the molecule is CSc1ccccc1NC(=O)CN(C)C(=O)COC(=O)C1CCCCC1. The molecule has 0 atom stereocenters. The first kappa shape index (κ1) is 20.3. The lowest BCUT2D eigenvalue weighted by Crippen LogP contribution is -2.38. The van der Waals surface area contributed by atoms with Crippen molar-refractivity contribution in [2.24, 2.45) is 5.92 Å². The van der Waals surface area contributed by atoms with Gasteiger partial charge in [0.1, 0.15) is 0 Å². The Balaban J connectivity index is 1.77. The minimum Gasteiger partial charge on any atom is -0.455 e. The van der Waals surface area contributed by atoms with Gasteiger partial charge in [0.25, 0.3) is 5.91 Å². The number of hydrogen-bond donors (Lipinski definition) is 1. The van der Waals surface area contributed by atoms with Crippen molar-refractivity contribution in [1.82, 2.24) is 4.90 Å². The number of benzene rings is 1. The number of carbonyl (C=O) groups is 3. The lowest BCUT2D eigenvalue weighted by Gasteiger charge is -2.21. The summed E-state index contributed by atoms with van der Waals surface area (Å²) in [6.45, 7) is -0.414. The summed E-state index contributed by atoms with van der Waals surface area (Å²) in [5.74, 6) is -1.07. The number of hydrogen-bond acceptors (Lipinski definition) is 5. The van der Waals surface area contributed by atoms with E-state index in [1.165, 1.54) is 23.7 Å². The van der Waals surface area contributed by atoms with Crippen LogP contribution in [-0.4, -0.2) is 49.1 Å². The summed E-state index contributed by atoms with van der Waals surface area (Å²) >= 11 is 1.53. The van der Waals surface area contributed by atoms with Crippen molar-refractivity contribution < 1.29 is 19.1 Å². The van der Waals surface area contributed by atoms with Crippen LogP contribution in [0.1, 0.15) is 32.1 Å². The first-order chi connectivity index (χ1) is 12.5. The molecule has 7 heteroatoms. The number of carbonyl (C=O) groups excluding carboxylic acids is 3. The van der Waals surface area contributed by atoms with Crippen LogP contribution in [0, 0.1) is 5.92 Å². The molecule has 0 heterocycles. The predicted octanol–water partition coefficient (Wildman–Crippen LogP) is 2.93. The summed E-state index contributed by atoms with van der Waals surface area (Å²) in [6, 6.07) is 7.48. The third-order valence-electron chi connectivity index (χ3n) is 4.46. The molecule has 0 aliphatic heterocycles. The van der Waals surface area contributed by atoms with Gasteiger partial charge in [0.2, 0.25) is 5.91 Å². The summed E-state index contributed by atoms with van der Waals surface area (Å²) in [5.41, 5.74) is 0.717. The average Bonchev–Trinajstić information content (AvgIpc) is 2.66. The Hall–Kier alpha value is -2.02. The van der Waals surface area contributed by atoms with Crippen molar-refractivity contribution in [2.75, 3.05) is 31.8 Å². The van der Waals surface area contributed by atoms with E-state index in [4.69, 9.17) is 4.74 Å². The molecule has 1 aromatic carbocycles. The van der Waals surface area contributed by atoms with E-state index in [1.807, 2.05) is 30.5 Å². The summed E-state index contributed by atoms with van der Waals surface area (Å²) in [4.78, 5) is 38.5. The number of ether oxygens (including phenoxy) is 1. The molecular formula is C19H26N2O4S. The van der Waals surface area contributed by atoms with E-state index in [0.717, 1.165) is 42.7 Å². The maximum Gasteiger partial charge on any atom is 0.309 e. The molecule has 0 radical (unpaired) electrons. The van der Waals surface area contributed by atoms with E-state index in [1.54, 1.807) is 0 Å². The lowest BCUT2D eigenvalue weighted by molar-refractivity contribution is -0.156. The van der Waals surface area contributed by atoms with Crippen LogP contribution in [0.25, 0.3) is 0 Å². The largest absolute Gasteiger partial charge is 0.455 e. The zero-order chi connectivity index (χ0) is 18.9. The molecule has 0 saturated heterocycles. The topological polar surface area (TPSA) is 75.7 Å². The molecule has 1 N–H and O–H groups in total. The van der Waals surface area contributed by atoms with Gasteiger partial charge in [-0.2, -0.15) is 0 Å². The fourth-order valence-electron chi connectivity index (χ4n) is 2.94. The van der Waals surface area contributed by atoms with Gasteiger partial charge in [0.15, 0.2) is 6.61 Å². The van der Waals surface area contributed by atoms with Gasteiger partial charge >= 0.3 is 5.97 Å². The highest BCUT2D eigenvalue weighted by atomic mass is 32.2. The highest BCUT2D eigenvalue weighted by Crippen LogP contribution is 2.25. The first-order valence-electron chi connectivity index (χ1n) is 8.84. The predicted molar refractivity (Wildman–Crippen MR) is 102 cm³/mol. The van der Waals surface area contributed by atoms with Gasteiger partial charge in [-0.05, 0) is 31.2 Å². The highest BCUT2D eigenvalue weighted by Gasteiger charge is 2.24. The highest BCUT2D eigenvalue weighted by molar-refractivity contribution is 7.98. The molecule has 6 nitrogen and oxygen atoms in total. The monoisotopic (exact) mass is 378 g/mol. The van der Waals surface area contributed by atoms with Gasteiger partial charge in [-0.1, -0.05) is 31.4 Å². The maximum atomic E-state index is 12.2. The quantitative estimate of drug-likeness (QED) is 0.583. The number of rotatable bonds is 7. The number of esters is 1. The second-order valence-corrected chi connectivity index (χ2v) is 7.29. The number of thioether (sulfide) groups is 1. The fraction of sp³-hybridized carbons (Fsp3) is 0.526. The van der Waals surface area contributed by atoms with Gasteiger partial charge in [0, 0.05) is 11.9 Å². The zero-order valence-corrected chi connectivity index (χ0v) is 16.1. The lowest BCUT2D eigenvalue weighted by atomic mass is 9.89. The van der Waals surface area contributed by atoms with Crippen molar-refractivity contribution in [2.45, 2.75) is 37.0 Å². The molecule has 1 aliphatic carbocycles. The molecule has 1 aromatic rings. The Morgan fingerprint density at radius 2 is 1.88 bits per heavy atom. The third kappa shape index (κ3) is 6.05. The first-order valence-corrected chi connectivity index (χ1v) is 10.1. The van der Waals surface area contributed by atoms with Crippen LogP contribution < -0.4 is 5.32 Å². The second-order valence-electron chi connectivity index (χ2n) is 6.44. The number of amides is 2. The molecule has 0 bridgehead atoms. The molecule has 2 rings (SSSR count). The third-order valence-corrected chi connectivity index (χ3v) is 5.26. The van der Waals surface area contributed by atoms with Crippen LogP contribution >= 0.6 is 11.8 Å². The van der Waals surface area contributed by atoms with Gasteiger partial charge < -0.3 is 15.0 Å². The van der Waals surface area contributed by atoms with Crippen molar-refractivity contribution in [3.8, 4) is 0 Å². The molecule has 1 saturated carbocycles. The number of para-hydroxylation sites is 1. The Morgan fingerprint density at radius 3 is 2.58 bits per heavy atom. The molecule has 26 heavy (non-hydrogen) atoms. The van der Waals surface area contributed by atoms with Crippen LogP contribution in [0.4, 0.5) is 5.69 Å². The summed E-state index contributed by atoms with van der Waals surface area (Å²) in [7, 11) is 1.52. The number of anilines is 1. The van der Waals surface area contributed by atoms with Crippen LogP contribution in [-0.2, 0) is 19.1 Å². The van der Waals surface area contributed by atoms with Crippen molar-refractivity contribution in [3.05, 3.63) is 24.3 Å². The zero-order valence-electron chi connectivity index (χ0n) is 15.3. The van der Waals surface area contributed by atoms with Crippen LogP contribution in [0.2, 0.25) is 0 Å². The number of nitrogens with zero attached hydrogens (tertiary/aromatic N) is 1. The van der Waals surface area contributed by atoms with E-state index in [-0.39, 0.29) is 36.9 Å².